The monoisotopic (exact) mass is 206 g/mol. The molecule has 0 fully saturated rings. The van der Waals surface area contributed by atoms with Gasteiger partial charge in [0.05, 0.1) is 12.2 Å². The Bertz CT molecular complexity index is 279. The smallest absolute Gasteiger partial charge is 0.225 e. The second-order valence-corrected chi connectivity index (χ2v) is 4.88. The van der Waals surface area contributed by atoms with E-state index in [0.29, 0.717) is 0 Å². The first-order valence-corrected chi connectivity index (χ1v) is 5.56. The van der Waals surface area contributed by atoms with Crippen molar-refractivity contribution in [2.24, 2.45) is 5.92 Å². The van der Waals surface area contributed by atoms with Crippen molar-refractivity contribution in [1.82, 2.24) is 4.72 Å². The minimum atomic E-state index is -3.53. The maximum atomic E-state index is 10.9. The van der Waals surface area contributed by atoms with Crippen molar-refractivity contribution < 1.29 is 13.5 Å². The lowest BCUT2D eigenvalue weighted by molar-refractivity contribution is 0.129. The first-order chi connectivity index (χ1) is 5.89. The summed E-state index contributed by atoms with van der Waals surface area (Å²) in [7, 11) is -3.53. The lowest BCUT2D eigenvalue weighted by Gasteiger charge is -2.14. The molecule has 6 heteroatoms. The highest BCUT2D eigenvalue weighted by atomic mass is 32.2. The zero-order chi connectivity index (χ0) is 10.5. The number of aliphatic hydroxyl groups is 1. The van der Waals surface area contributed by atoms with Crippen LogP contribution in [-0.2, 0) is 10.0 Å². The first-order valence-electron chi connectivity index (χ1n) is 3.91. The van der Waals surface area contributed by atoms with Crippen LogP contribution in [0.25, 0.3) is 0 Å². The summed E-state index contributed by atoms with van der Waals surface area (Å²) >= 11 is 0. The molecule has 0 radical (unpaired) electrons. The number of rotatable bonds is 5. The largest absolute Gasteiger partial charge is 0.391 e. The van der Waals surface area contributed by atoms with Crippen molar-refractivity contribution in [2.45, 2.75) is 20.0 Å². The highest BCUT2D eigenvalue weighted by Crippen LogP contribution is 1.99. The minimum Gasteiger partial charge on any atom is -0.391 e. The predicted octanol–water partition coefficient (Wildman–Crippen LogP) is -0.554. The van der Waals surface area contributed by atoms with E-state index in [0.717, 1.165) is 0 Å². The van der Waals surface area contributed by atoms with Gasteiger partial charge in [-0.25, -0.2) is 13.1 Å². The van der Waals surface area contributed by atoms with E-state index < -0.39 is 21.9 Å². The van der Waals surface area contributed by atoms with E-state index in [4.69, 9.17) is 5.26 Å². The van der Waals surface area contributed by atoms with Crippen LogP contribution in [-0.4, -0.2) is 31.9 Å². The van der Waals surface area contributed by atoms with E-state index in [1.165, 1.54) is 6.07 Å². The molecule has 5 nitrogen and oxygen atoms in total. The van der Waals surface area contributed by atoms with Crippen LogP contribution in [0, 0.1) is 17.2 Å². The topological polar surface area (TPSA) is 90.2 Å². The second kappa shape index (κ2) is 5.17. The highest BCUT2D eigenvalue weighted by molar-refractivity contribution is 7.89. The van der Waals surface area contributed by atoms with Gasteiger partial charge in [0, 0.05) is 6.54 Å². The van der Waals surface area contributed by atoms with Gasteiger partial charge in [-0.3, -0.25) is 0 Å². The third-order valence-corrected chi connectivity index (χ3v) is 2.65. The van der Waals surface area contributed by atoms with E-state index in [-0.39, 0.29) is 12.5 Å². The fraction of sp³-hybridized carbons (Fsp3) is 0.857. The molecule has 13 heavy (non-hydrogen) atoms. The van der Waals surface area contributed by atoms with E-state index in [9.17, 15) is 13.5 Å². The van der Waals surface area contributed by atoms with E-state index in [2.05, 4.69) is 4.72 Å². The van der Waals surface area contributed by atoms with Crippen LogP contribution in [0.2, 0.25) is 0 Å². The van der Waals surface area contributed by atoms with Gasteiger partial charge in [-0.2, -0.15) is 5.26 Å². The van der Waals surface area contributed by atoms with Gasteiger partial charge in [-0.15, -0.1) is 0 Å². The molecule has 0 heterocycles. The summed E-state index contributed by atoms with van der Waals surface area (Å²) in [5.41, 5.74) is 0. The van der Waals surface area contributed by atoms with Crippen molar-refractivity contribution in [3.8, 4) is 6.07 Å². The van der Waals surface area contributed by atoms with Gasteiger partial charge in [0.25, 0.3) is 0 Å². The van der Waals surface area contributed by atoms with Crippen LogP contribution in [0.3, 0.4) is 0 Å². The Morgan fingerprint density at radius 1 is 1.54 bits per heavy atom. The summed E-state index contributed by atoms with van der Waals surface area (Å²) in [6.07, 6.45) is -0.714. The van der Waals surface area contributed by atoms with Crippen molar-refractivity contribution in [2.75, 3.05) is 12.3 Å². The number of aliphatic hydroxyl groups excluding tert-OH is 1. The standard InChI is InChI=1S/C7H14N2O3S/c1-6(2)7(10)5-9-13(11,12)4-3-8/h6-7,9-10H,4-5H2,1-2H3. The molecular weight excluding hydrogens is 192 g/mol. The summed E-state index contributed by atoms with van der Waals surface area (Å²) in [5, 5.41) is 17.4. The van der Waals surface area contributed by atoms with Crippen molar-refractivity contribution in [1.29, 1.82) is 5.26 Å². The number of hydrogen-bond donors (Lipinski definition) is 2. The van der Waals surface area contributed by atoms with Gasteiger partial charge in [-0.1, -0.05) is 13.8 Å². The zero-order valence-corrected chi connectivity index (χ0v) is 8.50. The SMILES string of the molecule is CC(C)C(O)CNS(=O)(=O)CC#N. The van der Waals surface area contributed by atoms with Crippen molar-refractivity contribution in [3.63, 3.8) is 0 Å². The Morgan fingerprint density at radius 2 is 2.08 bits per heavy atom. The molecule has 0 aliphatic rings. The molecule has 2 N–H and O–H groups in total. The molecule has 0 amide bonds. The number of nitrogens with one attached hydrogen (secondary N) is 1. The van der Waals surface area contributed by atoms with Gasteiger partial charge in [0.15, 0.2) is 5.75 Å². The summed E-state index contributed by atoms with van der Waals surface area (Å²) in [6.45, 7) is 3.52. The molecule has 0 aliphatic heterocycles. The van der Waals surface area contributed by atoms with Gasteiger partial charge in [-0.05, 0) is 5.92 Å². The third kappa shape index (κ3) is 5.58. The summed E-state index contributed by atoms with van der Waals surface area (Å²) in [5.74, 6) is -0.581. The molecule has 0 saturated heterocycles. The first kappa shape index (κ1) is 12.4. The van der Waals surface area contributed by atoms with Crippen LogP contribution >= 0.6 is 0 Å². The van der Waals surface area contributed by atoms with Crippen LogP contribution in [0.1, 0.15) is 13.8 Å². The molecule has 0 spiro atoms. The van der Waals surface area contributed by atoms with E-state index in [1.807, 2.05) is 0 Å². The lowest BCUT2D eigenvalue weighted by Crippen LogP contribution is -2.35. The predicted molar refractivity (Wildman–Crippen MR) is 48.2 cm³/mol. The molecule has 76 valence electrons. The molecule has 0 bridgehead atoms. The third-order valence-electron chi connectivity index (χ3n) is 1.54. The van der Waals surface area contributed by atoms with Crippen molar-refractivity contribution >= 4 is 10.0 Å². The number of sulfonamides is 1. The second-order valence-electron chi connectivity index (χ2n) is 3.08. The average Bonchev–Trinajstić information content (AvgIpc) is 2.00. The van der Waals surface area contributed by atoms with Gasteiger partial charge >= 0.3 is 0 Å². The Balaban J connectivity index is 3.97. The summed E-state index contributed by atoms with van der Waals surface area (Å²) in [6, 6.07) is 1.53. The fourth-order valence-electron chi connectivity index (χ4n) is 0.584. The molecule has 0 aromatic rings. The van der Waals surface area contributed by atoms with E-state index in [1.54, 1.807) is 13.8 Å². The molecule has 0 saturated carbocycles. The number of nitriles is 1. The molecule has 0 aromatic heterocycles. The van der Waals surface area contributed by atoms with Crippen molar-refractivity contribution in [3.05, 3.63) is 0 Å². The highest BCUT2D eigenvalue weighted by Gasteiger charge is 2.14. The van der Waals surface area contributed by atoms with Crippen LogP contribution < -0.4 is 4.72 Å². The van der Waals surface area contributed by atoms with Crippen LogP contribution in [0.4, 0.5) is 0 Å². The molecule has 0 rings (SSSR count). The quantitative estimate of drug-likeness (QED) is 0.631. The fourth-order valence-corrected chi connectivity index (χ4v) is 1.28. The van der Waals surface area contributed by atoms with E-state index >= 15 is 0 Å². The number of hydrogen-bond acceptors (Lipinski definition) is 4. The zero-order valence-electron chi connectivity index (χ0n) is 7.69. The Morgan fingerprint density at radius 3 is 2.46 bits per heavy atom. The molecule has 0 aliphatic carbocycles. The molecule has 1 unspecified atom stereocenters. The summed E-state index contributed by atoms with van der Waals surface area (Å²) in [4.78, 5) is 0. The Kier molecular flexibility index (Phi) is 4.91. The molecular formula is C7H14N2O3S. The maximum absolute atomic E-state index is 10.9. The van der Waals surface area contributed by atoms with Crippen LogP contribution in [0.5, 0.6) is 0 Å². The average molecular weight is 206 g/mol. The van der Waals surface area contributed by atoms with Gasteiger partial charge in [0.1, 0.15) is 0 Å². The lowest BCUT2D eigenvalue weighted by atomic mass is 10.1. The maximum Gasteiger partial charge on any atom is 0.225 e. The molecule has 0 aromatic carbocycles. The Hall–Kier alpha value is -0.640. The minimum absolute atomic E-state index is 0.00946. The number of nitrogens with zero attached hydrogens (tertiary/aromatic N) is 1. The molecule has 1 atom stereocenters. The normalized spacial score (nSPS) is 14.1. The van der Waals surface area contributed by atoms with Gasteiger partial charge in [0.2, 0.25) is 10.0 Å². The Labute approximate surface area is 78.4 Å². The van der Waals surface area contributed by atoms with Crippen LogP contribution in [0.15, 0.2) is 0 Å². The summed E-state index contributed by atoms with van der Waals surface area (Å²) < 4.78 is 24.0. The van der Waals surface area contributed by atoms with Gasteiger partial charge < -0.3 is 5.11 Å².